The minimum absolute atomic E-state index is 0.0850. The van der Waals surface area contributed by atoms with E-state index in [1.807, 2.05) is 24.3 Å². The average molecular weight is 258 g/mol. The Morgan fingerprint density at radius 3 is 2.61 bits per heavy atom. The SMILES string of the molecule is CCSc1ccc(C(=O)Cc2ccncn2)cc1. The van der Waals surface area contributed by atoms with Crippen molar-refractivity contribution in [1.29, 1.82) is 0 Å². The van der Waals surface area contributed by atoms with Gasteiger partial charge >= 0.3 is 0 Å². The third-order valence-corrected chi connectivity index (χ3v) is 3.37. The van der Waals surface area contributed by atoms with Gasteiger partial charge in [-0.25, -0.2) is 9.97 Å². The fourth-order valence-electron chi connectivity index (χ4n) is 1.59. The molecule has 0 amide bonds. The fourth-order valence-corrected chi connectivity index (χ4v) is 2.25. The number of ketones is 1. The molecule has 0 aliphatic carbocycles. The molecule has 0 unspecified atom stereocenters. The monoisotopic (exact) mass is 258 g/mol. The van der Waals surface area contributed by atoms with Crippen molar-refractivity contribution in [1.82, 2.24) is 9.97 Å². The lowest BCUT2D eigenvalue weighted by atomic mass is 10.1. The highest BCUT2D eigenvalue weighted by Gasteiger charge is 2.07. The number of carbonyl (C=O) groups is 1. The van der Waals surface area contributed by atoms with Gasteiger partial charge in [0.05, 0.1) is 12.1 Å². The summed E-state index contributed by atoms with van der Waals surface area (Å²) in [5, 5.41) is 0. The zero-order valence-corrected chi connectivity index (χ0v) is 11.0. The van der Waals surface area contributed by atoms with Crippen LogP contribution >= 0.6 is 11.8 Å². The normalized spacial score (nSPS) is 10.3. The minimum atomic E-state index is 0.0850. The van der Waals surface area contributed by atoms with Gasteiger partial charge in [-0.2, -0.15) is 0 Å². The maximum Gasteiger partial charge on any atom is 0.168 e. The van der Waals surface area contributed by atoms with Crippen LogP contribution in [0.15, 0.2) is 47.8 Å². The molecule has 2 aromatic rings. The lowest BCUT2D eigenvalue weighted by molar-refractivity contribution is 0.0992. The van der Waals surface area contributed by atoms with Crippen LogP contribution in [0.5, 0.6) is 0 Å². The zero-order chi connectivity index (χ0) is 12.8. The molecule has 3 nitrogen and oxygen atoms in total. The van der Waals surface area contributed by atoms with E-state index in [9.17, 15) is 4.79 Å². The molecule has 2 rings (SSSR count). The van der Waals surface area contributed by atoms with Gasteiger partial charge in [0.15, 0.2) is 5.78 Å². The van der Waals surface area contributed by atoms with Gasteiger partial charge in [0.25, 0.3) is 0 Å². The Hall–Kier alpha value is -1.68. The number of hydrogen-bond donors (Lipinski definition) is 0. The van der Waals surface area contributed by atoms with E-state index >= 15 is 0 Å². The molecule has 1 aromatic carbocycles. The standard InChI is InChI=1S/C14H14N2OS/c1-2-18-13-5-3-11(4-6-13)14(17)9-12-7-8-15-10-16-12/h3-8,10H,2,9H2,1H3. The van der Waals surface area contributed by atoms with Crippen molar-refractivity contribution in [2.45, 2.75) is 18.2 Å². The Balaban J connectivity index is 2.05. The highest BCUT2D eigenvalue weighted by Crippen LogP contribution is 2.18. The number of thioether (sulfide) groups is 1. The number of rotatable bonds is 5. The summed E-state index contributed by atoms with van der Waals surface area (Å²) in [7, 11) is 0. The van der Waals surface area contributed by atoms with E-state index in [0.717, 1.165) is 17.0 Å². The third kappa shape index (κ3) is 3.40. The number of carbonyl (C=O) groups excluding carboxylic acids is 1. The summed E-state index contributed by atoms with van der Waals surface area (Å²) >= 11 is 1.77. The summed E-state index contributed by atoms with van der Waals surface area (Å²) in [5.41, 5.74) is 1.48. The molecule has 0 saturated heterocycles. The molecule has 0 aliphatic rings. The second-order valence-corrected chi connectivity index (χ2v) is 5.10. The number of nitrogens with zero attached hydrogens (tertiary/aromatic N) is 2. The van der Waals surface area contributed by atoms with Gasteiger partial charge in [0, 0.05) is 16.7 Å². The summed E-state index contributed by atoms with van der Waals surface area (Å²) in [4.78, 5) is 21.1. The highest BCUT2D eigenvalue weighted by molar-refractivity contribution is 7.99. The quantitative estimate of drug-likeness (QED) is 0.610. The molecule has 92 valence electrons. The van der Waals surface area contributed by atoms with Crippen molar-refractivity contribution in [3.63, 3.8) is 0 Å². The molecule has 0 fully saturated rings. The van der Waals surface area contributed by atoms with Gasteiger partial charge in [-0.1, -0.05) is 19.1 Å². The maximum atomic E-state index is 12.0. The van der Waals surface area contributed by atoms with Gasteiger partial charge in [-0.3, -0.25) is 4.79 Å². The highest BCUT2D eigenvalue weighted by atomic mass is 32.2. The van der Waals surface area contributed by atoms with Crippen molar-refractivity contribution < 1.29 is 4.79 Å². The topological polar surface area (TPSA) is 42.9 Å². The van der Waals surface area contributed by atoms with Crippen LogP contribution in [0, 0.1) is 0 Å². The summed E-state index contributed by atoms with van der Waals surface area (Å²) in [6, 6.07) is 9.49. The van der Waals surface area contributed by atoms with Crippen molar-refractivity contribution in [3.8, 4) is 0 Å². The summed E-state index contributed by atoms with van der Waals surface area (Å²) in [6.07, 6.45) is 3.43. The first-order chi connectivity index (χ1) is 8.79. The van der Waals surface area contributed by atoms with Gasteiger partial charge in [0.2, 0.25) is 0 Å². The van der Waals surface area contributed by atoms with Crippen LogP contribution in [0.1, 0.15) is 23.0 Å². The Morgan fingerprint density at radius 1 is 1.22 bits per heavy atom. The Bertz CT molecular complexity index is 511. The van der Waals surface area contributed by atoms with Gasteiger partial charge < -0.3 is 0 Å². The maximum absolute atomic E-state index is 12.0. The molecular weight excluding hydrogens is 244 g/mol. The van der Waals surface area contributed by atoms with Crippen LogP contribution in [0.4, 0.5) is 0 Å². The second-order valence-electron chi connectivity index (χ2n) is 3.76. The molecule has 18 heavy (non-hydrogen) atoms. The molecule has 4 heteroatoms. The molecule has 0 aliphatic heterocycles. The summed E-state index contributed by atoms with van der Waals surface area (Å²) in [5.74, 6) is 1.12. The first-order valence-corrected chi connectivity index (χ1v) is 6.79. The lowest BCUT2D eigenvalue weighted by Gasteiger charge is -2.02. The summed E-state index contributed by atoms with van der Waals surface area (Å²) < 4.78 is 0. The number of Topliss-reactive ketones (excluding diaryl/α,β-unsaturated/α-hetero) is 1. The third-order valence-electron chi connectivity index (χ3n) is 2.47. The zero-order valence-electron chi connectivity index (χ0n) is 10.2. The fraction of sp³-hybridized carbons (Fsp3) is 0.214. The Labute approximate surface area is 111 Å². The Morgan fingerprint density at radius 2 is 2.00 bits per heavy atom. The van der Waals surface area contributed by atoms with Crippen LogP contribution in [0.25, 0.3) is 0 Å². The van der Waals surface area contributed by atoms with Crippen molar-refractivity contribution in [2.75, 3.05) is 5.75 Å². The second kappa shape index (κ2) is 6.31. The average Bonchev–Trinajstić information content (AvgIpc) is 2.41. The smallest absolute Gasteiger partial charge is 0.168 e. The van der Waals surface area contributed by atoms with Crippen LogP contribution in [0.3, 0.4) is 0 Å². The molecule has 0 spiro atoms. The van der Waals surface area contributed by atoms with E-state index in [2.05, 4.69) is 16.9 Å². The van der Waals surface area contributed by atoms with Crippen molar-refractivity contribution in [2.24, 2.45) is 0 Å². The molecule has 0 saturated carbocycles. The van der Waals surface area contributed by atoms with E-state index in [0.29, 0.717) is 6.42 Å². The van der Waals surface area contributed by atoms with Gasteiger partial charge in [-0.15, -0.1) is 11.8 Å². The number of hydrogen-bond acceptors (Lipinski definition) is 4. The van der Waals surface area contributed by atoms with E-state index in [-0.39, 0.29) is 5.78 Å². The molecule has 1 aromatic heterocycles. The van der Waals surface area contributed by atoms with Crippen LogP contribution in [-0.4, -0.2) is 21.5 Å². The molecule has 0 atom stereocenters. The first kappa shape index (κ1) is 12.8. The summed E-state index contributed by atoms with van der Waals surface area (Å²) in [6.45, 7) is 2.11. The minimum Gasteiger partial charge on any atom is -0.294 e. The van der Waals surface area contributed by atoms with Crippen molar-refractivity contribution >= 4 is 17.5 Å². The molecule has 0 bridgehead atoms. The number of aromatic nitrogens is 2. The first-order valence-electron chi connectivity index (χ1n) is 5.80. The molecule has 0 N–H and O–H groups in total. The lowest BCUT2D eigenvalue weighted by Crippen LogP contribution is -2.04. The number of benzene rings is 1. The van der Waals surface area contributed by atoms with Crippen LogP contribution < -0.4 is 0 Å². The van der Waals surface area contributed by atoms with Crippen LogP contribution in [-0.2, 0) is 6.42 Å². The largest absolute Gasteiger partial charge is 0.294 e. The Kier molecular flexibility index (Phi) is 4.47. The van der Waals surface area contributed by atoms with Crippen LogP contribution in [0.2, 0.25) is 0 Å². The van der Waals surface area contributed by atoms with E-state index in [1.165, 1.54) is 11.2 Å². The van der Waals surface area contributed by atoms with E-state index in [1.54, 1.807) is 24.0 Å². The van der Waals surface area contributed by atoms with Crippen molar-refractivity contribution in [3.05, 3.63) is 54.1 Å². The predicted octanol–water partition coefficient (Wildman–Crippen LogP) is 3.01. The molecule has 0 radical (unpaired) electrons. The van der Waals surface area contributed by atoms with E-state index in [4.69, 9.17) is 0 Å². The predicted molar refractivity (Wildman–Crippen MR) is 72.9 cm³/mol. The molecular formula is C14H14N2OS. The van der Waals surface area contributed by atoms with Gasteiger partial charge in [0.1, 0.15) is 6.33 Å². The van der Waals surface area contributed by atoms with E-state index < -0.39 is 0 Å². The van der Waals surface area contributed by atoms with Gasteiger partial charge in [-0.05, 0) is 24.0 Å². The molecule has 1 heterocycles.